The summed E-state index contributed by atoms with van der Waals surface area (Å²) in [5, 5.41) is 0. The van der Waals surface area contributed by atoms with Gasteiger partial charge in [0.15, 0.2) is 0 Å². The van der Waals surface area contributed by atoms with Crippen molar-refractivity contribution in [2.45, 2.75) is 32.9 Å². The first-order chi connectivity index (χ1) is 11.7. The highest BCUT2D eigenvalue weighted by molar-refractivity contribution is 5.94. The predicted molar refractivity (Wildman–Crippen MR) is 97.5 cm³/mol. The Kier molecular flexibility index (Phi) is 6.06. The minimum Gasteiger partial charge on any atom is -0.444 e. The fourth-order valence-electron chi connectivity index (χ4n) is 2.73. The average molecular weight is 347 g/mol. The lowest BCUT2D eigenvalue weighted by Gasteiger charge is -2.35. The Balaban J connectivity index is 1.89. The normalized spacial score (nSPS) is 15.8. The van der Waals surface area contributed by atoms with E-state index in [0.29, 0.717) is 18.7 Å². The molecule has 0 spiro atoms. The molecule has 1 aliphatic heterocycles. The predicted octanol–water partition coefficient (Wildman–Crippen LogP) is 2.44. The van der Waals surface area contributed by atoms with Gasteiger partial charge in [-0.25, -0.2) is 4.79 Å². The standard InChI is InChI=1S/C19H29N3O3/c1-19(2,3)25-18(24)22-11-9-21(10-12-22)14-15-7-6-8-16(13-15)17(23)20(4)5/h6-8,13H,9-12,14H2,1-5H3. The Morgan fingerprint density at radius 2 is 1.76 bits per heavy atom. The van der Waals surface area contributed by atoms with Crippen LogP contribution < -0.4 is 0 Å². The molecule has 1 heterocycles. The minimum atomic E-state index is -0.465. The van der Waals surface area contributed by atoms with Crippen LogP contribution in [-0.2, 0) is 11.3 Å². The Morgan fingerprint density at radius 1 is 1.12 bits per heavy atom. The number of amides is 2. The second kappa shape index (κ2) is 7.87. The van der Waals surface area contributed by atoms with Gasteiger partial charge in [-0.3, -0.25) is 9.69 Å². The number of benzene rings is 1. The molecule has 0 unspecified atom stereocenters. The van der Waals surface area contributed by atoms with Gasteiger partial charge in [-0.15, -0.1) is 0 Å². The van der Waals surface area contributed by atoms with Crippen LogP contribution in [0.15, 0.2) is 24.3 Å². The van der Waals surface area contributed by atoms with E-state index in [2.05, 4.69) is 4.90 Å². The zero-order valence-electron chi connectivity index (χ0n) is 15.9. The molecular formula is C19H29N3O3. The highest BCUT2D eigenvalue weighted by atomic mass is 16.6. The average Bonchev–Trinajstić information content (AvgIpc) is 2.53. The summed E-state index contributed by atoms with van der Waals surface area (Å²) >= 11 is 0. The van der Waals surface area contributed by atoms with Crippen molar-refractivity contribution >= 4 is 12.0 Å². The monoisotopic (exact) mass is 347 g/mol. The van der Waals surface area contributed by atoms with Crippen LogP contribution in [0.2, 0.25) is 0 Å². The van der Waals surface area contributed by atoms with Gasteiger partial charge < -0.3 is 14.5 Å². The smallest absolute Gasteiger partial charge is 0.410 e. The van der Waals surface area contributed by atoms with Gasteiger partial charge in [0.25, 0.3) is 5.91 Å². The summed E-state index contributed by atoms with van der Waals surface area (Å²) in [6.45, 7) is 9.32. The number of nitrogens with zero attached hydrogens (tertiary/aromatic N) is 3. The molecule has 1 aromatic carbocycles. The van der Waals surface area contributed by atoms with E-state index in [0.717, 1.165) is 25.2 Å². The number of carbonyl (C=O) groups is 2. The van der Waals surface area contributed by atoms with Crippen molar-refractivity contribution < 1.29 is 14.3 Å². The van der Waals surface area contributed by atoms with Crippen LogP contribution in [0, 0.1) is 0 Å². The molecule has 0 aromatic heterocycles. The van der Waals surface area contributed by atoms with Crippen LogP contribution >= 0.6 is 0 Å². The van der Waals surface area contributed by atoms with Gasteiger partial charge in [0, 0.05) is 52.4 Å². The van der Waals surface area contributed by atoms with Crippen molar-refractivity contribution in [1.82, 2.24) is 14.7 Å². The molecule has 6 nitrogen and oxygen atoms in total. The first-order valence-corrected chi connectivity index (χ1v) is 8.66. The molecule has 138 valence electrons. The van der Waals surface area contributed by atoms with Gasteiger partial charge in [0.1, 0.15) is 5.60 Å². The molecule has 6 heteroatoms. The molecule has 0 atom stereocenters. The van der Waals surface area contributed by atoms with Gasteiger partial charge in [0.2, 0.25) is 0 Å². The third kappa shape index (κ3) is 5.74. The molecule has 0 bridgehead atoms. The topological polar surface area (TPSA) is 53.1 Å². The number of ether oxygens (including phenoxy) is 1. The van der Waals surface area contributed by atoms with E-state index in [1.165, 1.54) is 0 Å². The van der Waals surface area contributed by atoms with Gasteiger partial charge >= 0.3 is 6.09 Å². The third-order valence-corrected chi connectivity index (χ3v) is 4.01. The van der Waals surface area contributed by atoms with E-state index < -0.39 is 5.60 Å². The Bertz CT molecular complexity index is 615. The van der Waals surface area contributed by atoms with E-state index in [1.807, 2.05) is 45.0 Å². The number of hydrogen-bond donors (Lipinski definition) is 0. The first-order valence-electron chi connectivity index (χ1n) is 8.66. The maximum atomic E-state index is 12.1. The summed E-state index contributed by atoms with van der Waals surface area (Å²) in [5.74, 6) is 0.0107. The molecule has 2 rings (SSSR count). The number of rotatable bonds is 3. The van der Waals surface area contributed by atoms with Gasteiger partial charge in [-0.05, 0) is 38.5 Å². The Morgan fingerprint density at radius 3 is 2.32 bits per heavy atom. The number of hydrogen-bond acceptors (Lipinski definition) is 4. The molecule has 0 aliphatic carbocycles. The van der Waals surface area contributed by atoms with Crippen LogP contribution in [0.4, 0.5) is 4.79 Å². The quantitative estimate of drug-likeness (QED) is 0.843. The first kappa shape index (κ1) is 19.2. The minimum absolute atomic E-state index is 0.0107. The lowest BCUT2D eigenvalue weighted by atomic mass is 10.1. The van der Waals surface area contributed by atoms with E-state index in [9.17, 15) is 9.59 Å². The van der Waals surface area contributed by atoms with Crippen molar-refractivity contribution in [3.63, 3.8) is 0 Å². The zero-order valence-corrected chi connectivity index (χ0v) is 15.9. The fraction of sp³-hybridized carbons (Fsp3) is 0.579. The lowest BCUT2D eigenvalue weighted by molar-refractivity contribution is 0.0139. The molecule has 1 saturated heterocycles. The van der Waals surface area contributed by atoms with E-state index in [-0.39, 0.29) is 12.0 Å². The van der Waals surface area contributed by atoms with Crippen molar-refractivity contribution in [2.24, 2.45) is 0 Å². The van der Waals surface area contributed by atoms with E-state index in [4.69, 9.17) is 4.74 Å². The summed E-state index contributed by atoms with van der Waals surface area (Å²) in [7, 11) is 3.51. The summed E-state index contributed by atoms with van der Waals surface area (Å²) in [5.41, 5.74) is 1.35. The SMILES string of the molecule is CN(C)C(=O)c1cccc(CN2CCN(C(=O)OC(C)(C)C)CC2)c1. The summed E-state index contributed by atoms with van der Waals surface area (Å²) in [4.78, 5) is 29.8. The molecule has 0 saturated carbocycles. The summed E-state index contributed by atoms with van der Waals surface area (Å²) in [6.07, 6.45) is -0.245. The summed E-state index contributed by atoms with van der Waals surface area (Å²) in [6, 6.07) is 7.74. The highest BCUT2D eigenvalue weighted by Gasteiger charge is 2.25. The Hall–Kier alpha value is -2.08. The molecule has 0 N–H and O–H groups in total. The molecular weight excluding hydrogens is 318 g/mol. The van der Waals surface area contributed by atoms with Crippen molar-refractivity contribution in [3.8, 4) is 0 Å². The largest absolute Gasteiger partial charge is 0.444 e. The number of piperazine rings is 1. The van der Waals surface area contributed by atoms with Crippen LogP contribution in [-0.4, -0.2) is 72.6 Å². The maximum absolute atomic E-state index is 12.1. The second-order valence-corrected chi connectivity index (χ2v) is 7.64. The highest BCUT2D eigenvalue weighted by Crippen LogP contribution is 2.14. The zero-order chi connectivity index (χ0) is 18.6. The van der Waals surface area contributed by atoms with Crippen LogP contribution in [0.25, 0.3) is 0 Å². The Labute approximate surface area is 150 Å². The van der Waals surface area contributed by atoms with Gasteiger partial charge in [-0.2, -0.15) is 0 Å². The van der Waals surface area contributed by atoms with Crippen LogP contribution in [0.3, 0.4) is 0 Å². The molecule has 1 aliphatic rings. The lowest BCUT2D eigenvalue weighted by Crippen LogP contribution is -2.49. The summed E-state index contributed by atoms with van der Waals surface area (Å²) < 4.78 is 5.42. The van der Waals surface area contributed by atoms with Gasteiger partial charge in [0.05, 0.1) is 0 Å². The molecule has 25 heavy (non-hydrogen) atoms. The second-order valence-electron chi connectivity index (χ2n) is 7.64. The molecule has 2 amide bonds. The number of carbonyl (C=O) groups excluding carboxylic acids is 2. The third-order valence-electron chi connectivity index (χ3n) is 4.01. The van der Waals surface area contributed by atoms with E-state index >= 15 is 0 Å². The van der Waals surface area contributed by atoms with Gasteiger partial charge in [-0.1, -0.05) is 12.1 Å². The molecule has 0 radical (unpaired) electrons. The maximum Gasteiger partial charge on any atom is 0.410 e. The van der Waals surface area contributed by atoms with Crippen molar-refractivity contribution in [1.29, 1.82) is 0 Å². The van der Waals surface area contributed by atoms with E-state index in [1.54, 1.807) is 23.9 Å². The van der Waals surface area contributed by atoms with Crippen molar-refractivity contribution in [3.05, 3.63) is 35.4 Å². The van der Waals surface area contributed by atoms with Crippen LogP contribution in [0.5, 0.6) is 0 Å². The molecule has 1 aromatic rings. The fourth-order valence-corrected chi connectivity index (χ4v) is 2.73. The van der Waals surface area contributed by atoms with Crippen molar-refractivity contribution in [2.75, 3.05) is 40.3 Å². The van der Waals surface area contributed by atoms with Crippen LogP contribution in [0.1, 0.15) is 36.7 Å². The molecule has 1 fully saturated rings.